The standard InChI is InChI=1S/C11H13FO3/c1-7(3-4-13)8-5-9(12)11(15-2)6-10(8)14/h4-7,14H,3H2,1-2H3. The fraction of sp³-hybridized carbons (Fsp3) is 0.364. The number of benzene rings is 1. The van der Waals surface area contributed by atoms with Gasteiger partial charge in [0, 0.05) is 18.1 Å². The highest BCUT2D eigenvalue weighted by Gasteiger charge is 2.14. The highest BCUT2D eigenvalue weighted by molar-refractivity contribution is 5.53. The summed E-state index contributed by atoms with van der Waals surface area (Å²) in [5.74, 6) is -0.803. The van der Waals surface area contributed by atoms with Crippen LogP contribution in [0.25, 0.3) is 0 Å². The van der Waals surface area contributed by atoms with Crippen LogP contribution in [0.2, 0.25) is 0 Å². The smallest absolute Gasteiger partial charge is 0.165 e. The van der Waals surface area contributed by atoms with Crippen molar-refractivity contribution >= 4 is 6.29 Å². The van der Waals surface area contributed by atoms with Gasteiger partial charge in [-0.1, -0.05) is 6.92 Å². The normalized spacial score (nSPS) is 12.2. The molecule has 0 aliphatic rings. The molecule has 0 fully saturated rings. The number of methoxy groups -OCH3 is 1. The molecule has 1 aromatic carbocycles. The topological polar surface area (TPSA) is 46.5 Å². The van der Waals surface area contributed by atoms with Gasteiger partial charge in [-0.2, -0.15) is 0 Å². The molecule has 0 amide bonds. The van der Waals surface area contributed by atoms with Crippen molar-refractivity contribution in [3.05, 3.63) is 23.5 Å². The molecular formula is C11H13FO3. The van der Waals surface area contributed by atoms with E-state index < -0.39 is 5.82 Å². The molecule has 0 spiro atoms. The number of carbonyl (C=O) groups is 1. The molecule has 0 saturated carbocycles. The van der Waals surface area contributed by atoms with E-state index in [-0.39, 0.29) is 23.8 Å². The van der Waals surface area contributed by atoms with Crippen LogP contribution < -0.4 is 4.74 Å². The predicted octanol–water partition coefficient (Wildman–Crippen LogP) is 2.23. The van der Waals surface area contributed by atoms with Crippen LogP contribution in [0.1, 0.15) is 24.8 Å². The van der Waals surface area contributed by atoms with E-state index in [0.717, 1.165) is 6.29 Å². The first-order valence-electron chi connectivity index (χ1n) is 4.60. The van der Waals surface area contributed by atoms with E-state index in [2.05, 4.69) is 0 Å². The Morgan fingerprint density at radius 1 is 1.60 bits per heavy atom. The van der Waals surface area contributed by atoms with Crippen molar-refractivity contribution in [1.82, 2.24) is 0 Å². The Bertz CT molecular complexity index is 363. The number of carbonyl (C=O) groups excluding carboxylic acids is 1. The number of phenols is 1. The Hall–Kier alpha value is -1.58. The monoisotopic (exact) mass is 212 g/mol. The van der Waals surface area contributed by atoms with Gasteiger partial charge in [0.15, 0.2) is 11.6 Å². The maximum absolute atomic E-state index is 13.3. The second kappa shape index (κ2) is 4.77. The Morgan fingerprint density at radius 3 is 2.80 bits per heavy atom. The molecule has 0 saturated heterocycles. The number of hydrogen-bond donors (Lipinski definition) is 1. The molecule has 1 unspecified atom stereocenters. The first kappa shape index (κ1) is 11.5. The molecule has 1 atom stereocenters. The van der Waals surface area contributed by atoms with Gasteiger partial charge in [0.1, 0.15) is 12.0 Å². The Balaban J connectivity index is 3.09. The van der Waals surface area contributed by atoms with E-state index in [0.29, 0.717) is 5.56 Å². The van der Waals surface area contributed by atoms with Crippen molar-refractivity contribution in [2.75, 3.05) is 7.11 Å². The first-order valence-corrected chi connectivity index (χ1v) is 4.60. The van der Waals surface area contributed by atoms with E-state index in [1.54, 1.807) is 6.92 Å². The van der Waals surface area contributed by atoms with Crippen molar-refractivity contribution in [3.8, 4) is 11.5 Å². The molecule has 0 heterocycles. The van der Waals surface area contributed by atoms with Crippen LogP contribution in [0.3, 0.4) is 0 Å². The highest BCUT2D eigenvalue weighted by Crippen LogP contribution is 2.32. The van der Waals surface area contributed by atoms with Gasteiger partial charge in [-0.15, -0.1) is 0 Å². The lowest BCUT2D eigenvalue weighted by molar-refractivity contribution is -0.108. The van der Waals surface area contributed by atoms with Gasteiger partial charge >= 0.3 is 0 Å². The average Bonchev–Trinajstić information content (AvgIpc) is 2.21. The number of rotatable bonds is 4. The highest BCUT2D eigenvalue weighted by atomic mass is 19.1. The van der Waals surface area contributed by atoms with Crippen LogP contribution in [0.5, 0.6) is 11.5 Å². The molecule has 15 heavy (non-hydrogen) atoms. The largest absolute Gasteiger partial charge is 0.508 e. The molecule has 1 rings (SSSR count). The number of halogens is 1. The van der Waals surface area contributed by atoms with Crippen LogP contribution >= 0.6 is 0 Å². The second-order valence-electron chi connectivity index (χ2n) is 3.35. The third-order valence-corrected chi connectivity index (χ3v) is 2.28. The molecule has 3 nitrogen and oxygen atoms in total. The fourth-order valence-electron chi connectivity index (χ4n) is 1.38. The minimum absolute atomic E-state index is 0.00504. The number of phenolic OH excluding ortho intramolecular Hbond substituents is 1. The van der Waals surface area contributed by atoms with Gasteiger partial charge in [0.25, 0.3) is 0 Å². The summed E-state index contributed by atoms with van der Waals surface area (Å²) in [6, 6.07) is 2.41. The Labute approximate surface area is 87.5 Å². The predicted molar refractivity (Wildman–Crippen MR) is 53.7 cm³/mol. The molecule has 82 valence electrons. The zero-order valence-electron chi connectivity index (χ0n) is 8.66. The molecule has 1 aromatic rings. The molecule has 0 aliphatic carbocycles. The van der Waals surface area contributed by atoms with Crippen LogP contribution in [0.15, 0.2) is 12.1 Å². The van der Waals surface area contributed by atoms with E-state index in [4.69, 9.17) is 4.74 Å². The molecule has 4 heteroatoms. The zero-order valence-corrected chi connectivity index (χ0v) is 8.66. The first-order chi connectivity index (χ1) is 7.10. The molecule has 0 aromatic heterocycles. The van der Waals surface area contributed by atoms with Gasteiger partial charge in [0.2, 0.25) is 0 Å². The summed E-state index contributed by atoms with van der Waals surface area (Å²) >= 11 is 0. The quantitative estimate of drug-likeness (QED) is 0.778. The summed E-state index contributed by atoms with van der Waals surface area (Å²) in [4.78, 5) is 10.3. The van der Waals surface area contributed by atoms with Crippen LogP contribution in [-0.4, -0.2) is 18.5 Å². The van der Waals surface area contributed by atoms with Gasteiger partial charge < -0.3 is 14.6 Å². The summed E-state index contributed by atoms with van der Waals surface area (Å²) < 4.78 is 18.0. The summed E-state index contributed by atoms with van der Waals surface area (Å²) in [6.07, 6.45) is 0.992. The van der Waals surface area contributed by atoms with E-state index in [9.17, 15) is 14.3 Å². The van der Waals surface area contributed by atoms with Crippen molar-refractivity contribution in [3.63, 3.8) is 0 Å². The van der Waals surface area contributed by atoms with Crippen molar-refractivity contribution < 1.29 is 19.0 Å². The summed E-state index contributed by atoms with van der Waals surface area (Å²) in [5.41, 5.74) is 0.417. The van der Waals surface area contributed by atoms with E-state index in [1.165, 1.54) is 19.2 Å². The van der Waals surface area contributed by atoms with Gasteiger partial charge in [0.05, 0.1) is 7.11 Å². The summed E-state index contributed by atoms with van der Waals surface area (Å²) in [5, 5.41) is 9.58. The maximum atomic E-state index is 13.3. The zero-order chi connectivity index (χ0) is 11.4. The minimum Gasteiger partial charge on any atom is -0.508 e. The lowest BCUT2D eigenvalue weighted by atomic mass is 9.97. The molecular weight excluding hydrogens is 199 g/mol. The average molecular weight is 212 g/mol. The van der Waals surface area contributed by atoms with Crippen molar-refractivity contribution in [2.45, 2.75) is 19.3 Å². The number of hydrogen-bond acceptors (Lipinski definition) is 3. The van der Waals surface area contributed by atoms with Gasteiger partial charge in [-0.25, -0.2) is 4.39 Å². The summed E-state index contributed by atoms with van der Waals surface area (Å²) in [6.45, 7) is 1.75. The van der Waals surface area contributed by atoms with Crippen molar-refractivity contribution in [1.29, 1.82) is 0 Å². The molecule has 0 radical (unpaired) electrons. The Kier molecular flexibility index (Phi) is 3.66. The second-order valence-corrected chi connectivity index (χ2v) is 3.35. The Morgan fingerprint density at radius 2 is 2.27 bits per heavy atom. The maximum Gasteiger partial charge on any atom is 0.165 e. The van der Waals surface area contributed by atoms with E-state index in [1.807, 2.05) is 0 Å². The lowest BCUT2D eigenvalue weighted by Crippen LogP contribution is -1.97. The fourth-order valence-corrected chi connectivity index (χ4v) is 1.38. The van der Waals surface area contributed by atoms with Crippen LogP contribution in [0, 0.1) is 5.82 Å². The lowest BCUT2D eigenvalue weighted by Gasteiger charge is -2.12. The van der Waals surface area contributed by atoms with Crippen LogP contribution in [-0.2, 0) is 4.79 Å². The van der Waals surface area contributed by atoms with Gasteiger partial charge in [-0.3, -0.25) is 0 Å². The van der Waals surface area contributed by atoms with E-state index >= 15 is 0 Å². The SMILES string of the molecule is COc1cc(O)c(C(C)CC=O)cc1F. The molecule has 1 N–H and O–H groups in total. The van der Waals surface area contributed by atoms with Gasteiger partial charge in [-0.05, 0) is 12.0 Å². The number of ether oxygens (including phenoxy) is 1. The third-order valence-electron chi connectivity index (χ3n) is 2.28. The number of aldehydes is 1. The van der Waals surface area contributed by atoms with Crippen molar-refractivity contribution in [2.24, 2.45) is 0 Å². The minimum atomic E-state index is -0.539. The third kappa shape index (κ3) is 2.46. The molecule has 0 aliphatic heterocycles. The molecule has 0 bridgehead atoms. The summed E-state index contributed by atoms with van der Waals surface area (Å²) in [7, 11) is 1.33. The number of aromatic hydroxyl groups is 1. The van der Waals surface area contributed by atoms with Crippen LogP contribution in [0.4, 0.5) is 4.39 Å².